The number of hydrogen-bond donors (Lipinski definition) is 3. The molecule has 2 rings (SSSR count). The Kier molecular flexibility index (Phi) is 8.28. The van der Waals surface area contributed by atoms with E-state index in [1.807, 2.05) is 0 Å². The summed E-state index contributed by atoms with van der Waals surface area (Å²) in [6.07, 6.45) is 5.54. The van der Waals surface area contributed by atoms with Crippen molar-refractivity contribution in [3.05, 3.63) is 28.4 Å². The third-order valence-corrected chi connectivity index (χ3v) is 3.60. The number of anilines is 1. The summed E-state index contributed by atoms with van der Waals surface area (Å²) in [4.78, 5) is 18.3. The van der Waals surface area contributed by atoms with Gasteiger partial charge in [-0.1, -0.05) is 0 Å². The van der Waals surface area contributed by atoms with Gasteiger partial charge in [-0.3, -0.25) is 15.1 Å². The van der Waals surface area contributed by atoms with Gasteiger partial charge in [0.05, 0.1) is 17.3 Å². The predicted octanol–water partition coefficient (Wildman–Crippen LogP) is 1.71. The van der Waals surface area contributed by atoms with Crippen LogP contribution in [0.5, 0.6) is 0 Å². The van der Waals surface area contributed by atoms with Crippen LogP contribution in [0.3, 0.4) is 0 Å². The van der Waals surface area contributed by atoms with Gasteiger partial charge in [0.25, 0.3) is 5.69 Å². The van der Waals surface area contributed by atoms with Crippen LogP contribution in [0.1, 0.15) is 25.7 Å². The summed E-state index contributed by atoms with van der Waals surface area (Å²) in [5.74, 6) is 1.27. The summed E-state index contributed by atoms with van der Waals surface area (Å²) in [5.41, 5.74) is 5.87. The van der Waals surface area contributed by atoms with Crippen LogP contribution in [0.15, 0.2) is 23.3 Å². The number of pyridine rings is 1. The highest BCUT2D eigenvalue weighted by Crippen LogP contribution is 2.12. The topological polar surface area (TPSA) is 118 Å². The lowest BCUT2D eigenvalue weighted by Gasteiger charge is -2.09. The zero-order valence-electron chi connectivity index (χ0n) is 12.9. The Labute approximate surface area is 141 Å². The van der Waals surface area contributed by atoms with Crippen LogP contribution in [0.2, 0.25) is 0 Å². The number of halogens is 1. The molecule has 1 aromatic rings. The summed E-state index contributed by atoms with van der Waals surface area (Å²) in [5, 5.41) is 17.0. The molecule has 1 fully saturated rings. The predicted molar refractivity (Wildman–Crippen MR) is 93.4 cm³/mol. The zero-order valence-corrected chi connectivity index (χ0v) is 13.7. The van der Waals surface area contributed by atoms with E-state index < -0.39 is 4.92 Å². The Balaban J connectivity index is 0.00000264. The zero-order chi connectivity index (χ0) is 15.8. The quantitative estimate of drug-likeness (QED) is 0.217. The maximum absolute atomic E-state index is 10.5. The van der Waals surface area contributed by atoms with E-state index in [-0.39, 0.29) is 18.1 Å². The van der Waals surface area contributed by atoms with E-state index in [1.54, 1.807) is 6.07 Å². The molecule has 1 aromatic heterocycles. The van der Waals surface area contributed by atoms with Gasteiger partial charge in [0, 0.05) is 25.1 Å². The van der Waals surface area contributed by atoms with E-state index in [9.17, 15) is 10.1 Å². The average Bonchev–Trinajstić information content (AvgIpc) is 3.03. The second-order valence-corrected chi connectivity index (χ2v) is 5.29. The van der Waals surface area contributed by atoms with E-state index in [1.165, 1.54) is 25.1 Å². The van der Waals surface area contributed by atoms with Crippen molar-refractivity contribution >= 4 is 29.7 Å². The van der Waals surface area contributed by atoms with Gasteiger partial charge in [-0.05, 0) is 31.9 Å². The molecule has 4 N–H and O–H groups in total. The number of aromatic nitrogens is 1. The van der Waals surface area contributed by atoms with Gasteiger partial charge in [-0.15, -0.1) is 12.4 Å². The lowest BCUT2D eigenvalue weighted by molar-refractivity contribution is -0.385. The van der Waals surface area contributed by atoms with Crippen LogP contribution < -0.4 is 16.4 Å². The molecule has 1 unspecified atom stereocenters. The van der Waals surface area contributed by atoms with Gasteiger partial charge in [0.1, 0.15) is 12.0 Å². The molecule has 1 saturated heterocycles. The van der Waals surface area contributed by atoms with E-state index in [0.29, 0.717) is 30.8 Å². The van der Waals surface area contributed by atoms with Gasteiger partial charge in [-0.25, -0.2) is 4.98 Å². The van der Waals surface area contributed by atoms with Gasteiger partial charge < -0.3 is 16.4 Å². The molecule has 0 radical (unpaired) electrons. The normalized spacial score (nSPS) is 17.6. The van der Waals surface area contributed by atoms with E-state index in [2.05, 4.69) is 20.6 Å². The molecule has 0 amide bonds. The molecular formula is C14H23ClN6O2. The third-order valence-electron chi connectivity index (χ3n) is 3.60. The Morgan fingerprint density at radius 1 is 1.57 bits per heavy atom. The number of hydrogen-bond acceptors (Lipinski definition) is 6. The maximum Gasteiger partial charge on any atom is 0.287 e. The molecule has 128 valence electrons. The molecule has 1 aliphatic rings. The first-order valence-corrected chi connectivity index (χ1v) is 7.51. The molecule has 0 aromatic carbocycles. The van der Waals surface area contributed by atoms with Crippen LogP contribution >= 0.6 is 12.4 Å². The molecule has 0 aliphatic carbocycles. The number of rotatable bonds is 8. The molecule has 23 heavy (non-hydrogen) atoms. The van der Waals surface area contributed by atoms with Crippen molar-refractivity contribution in [2.24, 2.45) is 10.7 Å². The summed E-state index contributed by atoms with van der Waals surface area (Å²) >= 11 is 0. The highest BCUT2D eigenvalue weighted by atomic mass is 35.5. The van der Waals surface area contributed by atoms with Crippen molar-refractivity contribution in [1.29, 1.82) is 0 Å². The third kappa shape index (κ3) is 6.79. The minimum atomic E-state index is -0.471. The second-order valence-electron chi connectivity index (χ2n) is 5.29. The van der Waals surface area contributed by atoms with Gasteiger partial charge >= 0.3 is 0 Å². The molecule has 0 saturated carbocycles. The van der Waals surface area contributed by atoms with Crippen LogP contribution in [0.4, 0.5) is 11.5 Å². The molecule has 0 bridgehead atoms. The van der Waals surface area contributed by atoms with E-state index in [0.717, 1.165) is 19.4 Å². The fourth-order valence-electron chi connectivity index (χ4n) is 2.39. The van der Waals surface area contributed by atoms with Crippen LogP contribution in [-0.4, -0.2) is 41.4 Å². The van der Waals surface area contributed by atoms with Crippen LogP contribution in [0, 0.1) is 10.1 Å². The lowest BCUT2D eigenvalue weighted by Crippen LogP contribution is -2.24. The largest absolute Gasteiger partial charge is 0.387 e. The van der Waals surface area contributed by atoms with Crippen LogP contribution in [-0.2, 0) is 0 Å². The number of nitro groups is 1. The summed E-state index contributed by atoms with van der Waals surface area (Å²) < 4.78 is 0. The SMILES string of the molecule is Cl.NC(CCC1CCCN1)=NCCNc1ccc([N+](=O)[O-])cn1. The van der Waals surface area contributed by atoms with E-state index >= 15 is 0 Å². The Hall–Kier alpha value is -1.93. The number of nitrogens with zero attached hydrogens (tertiary/aromatic N) is 3. The van der Waals surface area contributed by atoms with Crippen molar-refractivity contribution in [3.63, 3.8) is 0 Å². The smallest absolute Gasteiger partial charge is 0.287 e. The molecule has 2 heterocycles. The minimum Gasteiger partial charge on any atom is -0.387 e. The first-order chi connectivity index (χ1) is 10.6. The van der Waals surface area contributed by atoms with Crippen molar-refractivity contribution in [3.8, 4) is 0 Å². The van der Waals surface area contributed by atoms with Crippen molar-refractivity contribution in [2.75, 3.05) is 25.0 Å². The van der Waals surface area contributed by atoms with Gasteiger partial charge in [0.15, 0.2) is 0 Å². The van der Waals surface area contributed by atoms with E-state index in [4.69, 9.17) is 5.73 Å². The summed E-state index contributed by atoms with van der Waals surface area (Å²) in [6.45, 7) is 2.25. The maximum atomic E-state index is 10.5. The summed E-state index contributed by atoms with van der Waals surface area (Å²) in [6, 6.07) is 3.58. The Morgan fingerprint density at radius 3 is 3.00 bits per heavy atom. The fraction of sp³-hybridized carbons (Fsp3) is 0.571. The molecule has 8 nitrogen and oxygen atoms in total. The van der Waals surface area contributed by atoms with Crippen molar-refractivity contribution in [2.45, 2.75) is 31.7 Å². The molecule has 9 heteroatoms. The van der Waals surface area contributed by atoms with Crippen LogP contribution in [0.25, 0.3) is 0 Å². The fourth-order valence-corrected chi connectivity index (χ4v) is 2.39. The Morgan fingerprint density at radius 2 is 2.39 bits per heavy atom. The number of aliphatic imine (C=N–C) groups is 1. The standard InChI is InChI=1S/C14H22N6O2.ClH/c15-13(5-3-11-2-1-7-16-11)17-8-9-18-14-6-4-12(10-19-14)20(21)22;/h4,6,10-11,16H,1-3,5,7-9H2,(H2,15,17)(H,18,19);1H. The summed E-state index contributed by atoms with van der Waals surface area (Å²) in [7, 11) is 0. The number of nitrogens with two attached hydrogens (primary N) is 1. The minimum absolute atomic E-state index is 0. The average molecular weight is 343 g/mol. The molecule has 0 spiro atoms. The second kappa shape index (κ2) is 9.96. The first kappa shape index (κ1) is 19.1. The van der Waals surface area contributed by atoms with Gasteiger partial charge in [0.2, 0.25) is 0 Å². The highest BCUT2D eigenvalue weighted by molar-refractivity contribution is 5.85. The highest BCUT2D eigenvalue weighted by Gasteiger charge is 2.13. The van der Waals surface area contributed by atoms with Gasteiger partial charge in [-0.2, -0.15) is 0 Å². The first-order valence-electron chi connectivity index (χ1n) is 7.51. The number of nitrogens with one attached hydrogen (secondary N) is 2. The lowest BCUT2D eigenvalue weighted by atomic mass is 10.1. The molecule has 1 aliphatic heterocycles. The Bertz CT molecular complexity index is 517. The molecular weight excluding hydrogens is 320 g/mol. The van der Waals surface area contributed by atoms with Crippen molar-refractivity contribution in [1.82, 2.24) is 10.3 Å². The molecule has 1 atom stereocenters. The monoisotopic (exact) mass is 342 g/mol. The number of amidine groups is 1. The van der Waals surface area contributed by atoms with Crippen molar-refractivity contribution < 1.29 is 4.92 Å².